The van der Waals surface area contributed by atoms with Crippen LogP contribution < -0.4 is 0 Å². The topological polar surface area (TPSA) is 43.4 Å². The van der Waals surface area contributed by atoms with Crippen molar-refractivity contribution >= 4 is 11.8 Å². The van der Waals surface area contributed by atoms with Crippen LogP contribution in [0.15, 0.2) is 97.1 Å². The Morgan fingerprint density at radius 1 is 0.806 bits per heavy atom. The maximum absolute atomic E-state index is 12.6. The van der Waals surface area contributed by atoms with Crippen molar-refractivity contribution < 1.29 is 14.3 Å². The Labute approximate surface area is 184 Å². The third-order valence-corrected chi connectivity index (χ3v) is 5.11. The van der Waals surface area contributed by atoms with Crippen molar-refractivity contribution in [3.05, 3.63) is 119 Å². The molecule has 3 aromatic carbocycles. The van der Waals surface area contributed by atoms with Crippen LogP contribution in [-0.2, 0) is 17.6 Å². The number of hydrogen-bond donors (Lipinski definition) is 0. The number of Topliss-reactive ketones (excluding diaryl/α,β-unsaturated/α-hetero) is 1. The van der Waals surface area contributed by atoms with Gasteiger partial charge >= 0.3 is 5.97 Å². The van der Waals surface area contributed by atoms with Crippen LogP contribution in [0.1, 0.15) is 51.6 Å². The van der Waals surface area contributed by atoms with Gasteiger partial charge in [0.15, 0.2) is 5.78 Å². The molecule has 0 aliphatic carbocycles. The van der Waals surface area contributed by atoms with E-state index in [9.17, 15) is 9.59 Å². The van der Waals surface area contributed by atoms with Gasteiger partial charge in [-0.3, -0.25) is 4.79 Å². The van der Waals surface area contributed by atoms with E-state index in [4.69, 9.17) is 4.74 Å². The Morgan fingerprint density at radius 2 is 1.45 bits per heavy atom. The summed E-state index contributed by atoms with van der Waals surface area (Å²) in [4.78, 5) is 24.2. The molecule has 0 amide bonds. The van der Waals surface area contributed by atoms with Gasteiger partial charge in [0.25, 0.3) is 0 Å². The molecule has 0 aliphatic rings. The Bertz CT molecular complexity index is 1010. The van der Waals surface area contributed by atoms with Crippen molar-refractivity contribution in [2.24, 2.45) is 0 Å². The number of rotatable bonds is 10. The lowest BCUT2D eigenvalue weighted by Crippen LogP contribution is -2.17. The van der Waals surface area contributed by atoms with Crippen molar-refractivity contribution in [3.63, 3.8) is 0 Å². The summed E-state index contributed by atoms with van der Waals surface area (Å²) in [5.41, 5.74) is 3.59. The number of ether oxygens (including phenoxy) is 1. The van der Waals surface area contributed by atoms with E-state index in [0.29, 0.717) is 17.5 Å². The van der Waals surface area contributed by atoms with E-state index >= 15 is 0 Å². The second-order valence-electron chi connectivity index (χ2n) is 7.56. The molecule has 3 rings (SSSR count). The van der Waals surface area contributed by atoms with Gasteiger partial charge in [-0.1, -0.05) is 72.8 Å². The molecule has 0 saturated heterocycles. The lowest BCUT2D eigenvalue weighted by molar-refractivity contribution is 0.0380. The zero-order chi connectivity index (χ0) is 21.9. The molecular formula is C28H28O3. The lowest BCUT2D eigenvalue weighted by Gasteiger charge is -2.15. The van der Waals surface area contributed by atoms with Crippen molar-refractivity contribution in [1.82, 2.24) is 0 Å². The fourth-order valence-electron chi connectivity index (χ4n) is 3.37. The van der Waals surface area contributed by atoms with Gasteiger partial charge in [-0.05, 0) is 68.0 Å². The lowest BCUT2D eigenvalue weighted by atomic mass is 10.0. The van der Waals surface area contributed by atoms with Crippen LogP contribution in [0.5, 0.6) is 0 Å². The zero-order valence-corrected chi connectivity index (χ0v) is 17.9. The van der Waals surface area contributed by atoms with Crippen molar-refractivity contribution in [1.29, 1.82) is 0 Å². The van der Waals surface area contributed by atoms with E-state index in [0.717, 1.165) is 24.8 Å². The SMILES string of the molecule is CC(=O)c1cccc(CC[C@H](/C=C/CCc2ccccc2)OC(=O)c2ccccc2)c1. The Morgan fingerprint density at radius 3 is 2.16 bits per heavy atom. The number of esters is 1. The number of allylic oxidation sites excluding steroid dienone is 1. The van der Waals surface area contributed by atoms with Crippen LogP contribution in [0.3, 0.4) is 0 Å². The van der Waals surface area contributed by atoms with E-state index in [-0.39, 0.29) is 17.9 Å². The number of benzene rings is 3. The van der Waals surface area contributed by atoms with Gasteiger partial charge in [0, 0.05) is 5.56 Å². The zero-order valence-electron chi connectivity index (χ0n) is 17.9. The monoisotopic (exact) mass is 412 g/mol. The molecule has 0 N–H and O–H groups in total. The van der Waals surface area contributed by atoms with Crippen molar-refractivity contribution in [3.8, 4) is 0 Å². The van der Waals surface area contributed by atoms with Crippen molar-refractivity contribution in [2.45, 2.75) is 38.7 Å². The highest BCUT2D eigenvalue weighted by Crippen LogP contribution is 2.14. The predicted octanol–water partition coefficient (Wildman–Crippen LogP) is 6.24. The smallest absolute Gasteiger partial charge is 0.338 e. The highest BCUT2D eigenvalue weighted by atomic mass is 16.5. The van der Waals surface area contributed by atoms with E-state index < -0.39 is 0 Å². The average molecular weight is 413 g/mol. The Kier molecular flexibility index (Phi) is 8.36. The molecule has 3 heteroatoms. The van der Waals surface area contributed by atoms with Crippen LogP contribution in [-0.4, -0.2) is 17.9 Å². The van der Waals surface area contributed by atoms with Gasteiger partial charge in [0.05, 0.1) is 5.56 Å². The minimum Gasteiger partial charge on any atom is -0.455 e. The molecule has 0 heterocycles. The summed E-state index contributed by atoms with van der Waals surface area (Å²) in [5, 5.41) is 0. The molecule has 1 atom stereocenters. The normalized spacial score (nSPS) is 11.9. The second-order valence-corrected chi connectivity index (χ2v) is 7.56. The first-order valence-electron chi connectivity index (χ1n) is 10.7. The van der Waals surface area contributed by atoms with Gasteiger partial charge in [0.2, 0.25) is 0 Å². The molecule has 0 aliphatic heterocycles. The van der Waals surface area contributed by atoms with Crippen LogP contribution in [0.4, 0.5) is 0 Å². The molecule has 0 fully saturated rings. The maximum atomic E-state index is 12.6. The van der Waals surface area contributed by atoms with Gasteiger partial charge in [0.1, 0.15) is 6.10 Å². The summed E-state index contributed by atoms with van der Waals surface area (Å²) in [5.74, 6) is -0.273. The van der Waals surface area contributed by atoms with E-state index in [2.05, 4.69) is 18.2 Å². The highest BCUT2D eigenvalue weighted by Gasteiger charge is 2.14. The summed E-state index contributed by atoms with van der Waals surface area (Å²) in [6, 6.07) is 27.0. The number of hydrogen-bond acceptors (Lipinski definition) is 3. The van der Waals surface area contributed by atoms with Crippen LogP contribution in [0.25, 0.3) is 0 Å². The maximum Gasteiger partial charge on any atom is 0.338 e. The standard InChI is InChI=1S/C28H28O3/c1-22(29)26-17-10-14-24(21-26)19-20-27(31-28(30)25-15-6-3-7-16-25)18-9-8-13-23-11-4-2-5-12-23/h2-7,9-12,14-18,21,27H,8,13,19-20H2,1H3/b18-9+/t27-/m0/s1. The summed E-state index contributed by atoms with van der Waals surface area (Å²) >= 11 is 0. The summed E-state index contributed by atoms with van der Waals surface area (Å²) < 4.78 is 5.80. The third kappa shape index (κ3) is 7.38. The molecule has 0 aromatic heterocycles. The molecule has 158 valence electrons. The molecule has 0 spiro atoms. The number of carbonyl (C=O) groups is 2. The fraction of sp³-hybridized carbons (Fsp3) is 0.214. The molecule has 31 heavy (non-hydrogen) atoms. The Hall–Kier alpha value is -3.46. The van der Waals surface area contributed by atoms with Crippen molar-refractivity contribution in [2.75, 3.05) is 0 Å². The van der Waals surface area contributed by atoms with Gasteiger partial charge < -0.3 is 4.74 Å². The molecule has 3 aromatic rings. The average Bonchev–Trinajstić information content (AvgIpc) is 2.81. The third-order valence-electron chi connectivity index (χ3n) is 5.11. The summed E-state index contributed by atoms with van der Waals surface area (Å²) in [6.07, 6.45) is 6.93. The van der Waals surface area contributed by atoms with Crippen LogP contribution in [0, 0.1) is 0 Å². The Balaban J connectivity index is 1.64. The molecule has 0 unspecified atom stereocenters. The first-order valence-corrected chi connectivity index (χ1v) is 10.7. The van der Waals surface area contributed by atoms with E-state index in [1.807, 2.05) is 66.7 Å². The largest absolute Gasteiger partial charge is 0.455 e. The van der Waals surface area contributed by atoms with Gasteiger partial charge in [-0.25, -0.2) is 4.79 Å². The predicted molar refractivity (Wildman–Crippen MR) is 124 cm³/mol. The fourth-order valence-corrected chi connectivity index (χ4v) is 3.37. The summed E-state index contributed by atoms with van der Waals surface area (Å²) in [6.45, 7) is 1.57. The number of aryl methyl sites for hydroxylation is 2. The first-order chi connectivity index (χ1) is 15.1. The van der Waals surface area contributed by atoms with Gasteiger partial charge in [-0.15, -0.1) is 0 Å². The number of carbonyl (C=O) groups excluding carboxylic acids is 2. The second kappa shape index (κ2) is 11.7. The molecule has 0 saturated carbocycles. The minimum absolute atomic E-state index is 0.0507. The molecular weight excluding hydrogens is 384 g/mol. The minimum atomic E-state index is -0.329. The van der Waals surface area contributed by atoms with E-state index in [1.54, 1.807) is 19.1 Å². The van der Waals surface area contributed by atoms with Gasteiger partial charge in [-0.2, -0.15) is 0 Å². The molecule has 3 nitrogen and oxygen atoms in total. The quantitative estimate of drug-likeness (QED) is 0.225. The first kappa shape index (κ1) is 22.2. The van der Waals surface area contributed by atoms with Crippen LogP contribution >= 0.6 is 0 Å². The highest BCUT2D eigenvalue weighted by molar-refractivity contribution is 5.94. The molecule has 0 radical (unpaired) electrons. The van der Waals surface area contributed by atoms with Crippen LogP contribution in [0.2, 0.25) is 0 Å². The molecule has 0 bridgehead atoms. The number of ketones is 1. The van der Waals surface area contributed by atoms with E-state index in [1.165, 1.54) is 5.56 Å². The summed E-state index contributed by atoms with van der Waals surface area (Å²) in [7, 11) is 0.